The van der Waals surface area contributed by atoms with Crippen molar-refractivity contribution in [2.24, 2.45) is 0 Å². The van der Waals surface area contributed by atoms with E-state index in [-0.39, 0.29) is 17.2 Å². The van der Waals surface area contributed by atoms with E-state index in [0.717, 1.165) is 6.07 Å². The number of sulfonamides is 1. The van der Waals surface area contributed by atoms with Gasteiger partial charge in [-0.15, -0.1) is 0 Å². The molecule has 2 rings (SSSR count). The zero-order chi connectivity index (χ0) is 14.8. The minimum absolute atomic E-state index is 0.0680. The van der Waals surface area contributed by atoms with Crippen molar-refractivity contribution in [2.75, 3.05) is 0 Å². The highest BCUT2D eigenvalue weighted by molar-refractivity contribution is 7.89. The predicted octanol–water partition coefficient (Wildman–Crippen LogP) is 2.32. The second-order valence-corrected chi connectivity index (χ2v) is 6.14. The van der Waals surface area contributed by atoms with E-state index in [1.54, 1.807) is 19.1 Å². The number of halogens is 1. The molecular formula is C14H14FNO3S. The monoisotopic (exact) mass is 295 g/mol. The van der Waals surface area contributed by atoms with Gasteiger partial charge in [-0.05, 0) is 42.3 Å². The van der Waals surface area contributed by atoms with E-state index in [2.05, 4.69) is 4.72 Å². The Morgan fingerprint density at radius 1 is 1.15 bits per heavy atom. The van der Waals surface area contributed by atoms with E-state index in [4.69, 9.17) is 5.11 Å². The summed E-state index contributed by atoms with van der Waals surface area (Å²) in [5, 5.41) is 9.15. The van der Waals surface area contributed by atoms with E-state index in [1.165, 1.54) is 24.3 Å². The first-order chi connectivity index (χ1) is 9.38. The Hall–Kier alpha value is -1.92. The summed E-state index contributed by atoms with van der Waals surface area (Å²) < 4.78 is 39.8. The normalized spacial score (nSPS) is 11.5. The lowest BCUT2D eigenvalue weighted by Crippen LogP contribution is -2.24. The van der Waals surface area contributed by atoms with Crippen molar-refractivity contribution in [3.8, 4) is 5.75 Å². The van der Waals surface area contributed by atoms with E-state index in [0.29, 0.717) is 11.1 Å². The molecule has 0 saturated carbocycles. The fraction of sp³-hybridized carbons (Fsp3) is 0.143. The molecule has 0 aromatic heterocycles. The third-order valence-corrected chi connectivity index (χ3v) is 4.39. The standard InChI is InChI=1S/C14H14FNO3S/c1-10-2-5-12(15)8-14(10)20(18,19)16-9-11-3-6-13(17)7-4-11/h2-8,16-17H,9H2,1H3. The van der Waals surface area contributed by atoms with Crippen LogP contribution >= 0.6 is 0 Å². The average Bonchev–Trinajstić information content (AvgIpc) is 2.41. The van der Waals surface area contributed by atoms with Crippen LogP contribution < -0.4 is 4.72 Å². The van der Waals surface area contributed by atoms with E-state index < -0.39 is 15.8 Å². The molecule has 0 saturated heterocycles. The third kappa shape index (κ3) is 3.34. The van der Waals surface area contributed by atoms with Crippen LogP contribution in [-0.2, 0) is 16.6 Å². The number of rotatable bonds is 4. The van der Waals surface area contributed by atoms with Gasteiger partial charge in [0.25, 0.3) is 0 Å². The molecule has 2 aromatic carbocycles. The first kappa shape index (κ1) is 14.5. The van der Waals surface area contributed by atoms with Gasteiger partial charge >= 0.3 is 0 Å². The Bertz CT molecular complexity index is 712. The van der Waals surface area contributed by atoms with Gasteiger partial charge in [0, 0.05) is 6.54 Å². The van der Waals surface area contributed by atoms with Crippen molar-refractivity contribution in [3.05, 3.63) is 59.4 Å². The number of nitrogens with one attached hydrogen (secondary N) is 1. The van der Waals surface area contributed by atoms with Crippen molar-refractivity contribution in [1.29, 1.82) is 0 Å². The molecule has 0 fully saturated rings. The minimum Gasteiger partial charge on any atom is -0.508 e. The predicted molar refractivity (Wildman–Crippen MR) is 73.3 cm³/mol. The maximum Gasteiger partial charge on any atom is 0.241 e. The Balaban J connectivity index is 2.19. The SMILES string of the molecule is Cc1ccc(F)cc1S(=O)(=O)NCc1ccc(O)cc1. The van der Waals surface area contributed by atoms with Crippen LogP contribution in [0.3, 0.4) is 0 Å². The van der Waals surface area contributed by atoms with Crippen LogP contribution in [-0.4, -0.2) is 13.5 Å². The van der Waals surface area contributed by atoms with Gasteiger partial charge in [-0.3, -0.25) is 0 Å². The molecule has 106 valence electrons. The number of phenolic OH excluding ortho intramolecular Hbond substituents is 1. The third-order valence-electron chi connectivity index (χ3n) is 2.84. The Morgan fingerprint density at radius 3 is 2.45 bits per heavy atom. The van der Waals surface area contributed by atoms with E-state index in [1.807, 2.05) is 0 Å². The van der Waals surface area contributed by atoms with Gasteiger partial charge in [0.15, 0.2) is 0 Å². The van der Waals surface area contributed by atoms with E-state index in [9.17, 15) is 12.8 Å². The Morgan fingerprint density at radius 2 is 1.80 bits per heavy atom. The lowest BCUT2D eigenvalue weighted by atomic mass is 10.2. The molecule has 0 unspecified atom stereocenters. The number of benzene rings is 2. The maximum absolute atomic E-state index is 13.2. The summed E-state index contributed by atoms with van der Waals surface area (Å²) in [6.45, 7) is 1.67. The van der Waals surface area contributed by atoms with Crippen LogP contribution in [0.4, 0.5) is 4.39 Å². The summed E-state index contributed by atoms with van der Waals surface area (Å²) >= 11 is 0. The zero-order valence-electron chi connectivity index (χ0n) is 10.8. The van der Waals surface area contributed by atoms with Crippen LogP contribution in [0.15, 0.2) is 47.4 Å². The van der Waals surface area contributed by atoms with Crippen molar-refractivity contribution in [1.82, 2.24) is 4.72 Å². The first-order valence-electron chi connectivity index (χ1n) is 5.92. The second-order valence-electron chi connectivity index (χ2n) is 4.40. The van der Waals surface area contributed by atoms with Crippen molar-refractivity contribution < 1.29 is 17.9 Å². The largest absolute Gasteiger partial charge is 0.508 e. The molecule has 0 aliphatic rings. The molecule has 0 heterocycles. The van der Waals surface area contributed by atoms with Gasteiger partial charge in [0.05, 0.1) is 4.90 Å². The molecule has 0 aliphatic heterocycles. The van der Waals surface area contributed by atoms with Crippen molar-refractivity contribution in [3.63, 3.8) is 0 Å². The second kappa shape index (κ2) is 5.60. The van der Waals surface area contributed by atoms with Gasteiger partial charge in [-0.1, -0.05) is 18.2 Å². The molecule has 2 N–H and O–H groups in total. The summed E-state index contributed by atoms with van der Waals surface area (Å²) in [6.07, 6.45) is 0. The van der Waals surface area contributed by atoms with Crippen molar-refractivity contribution >= 4 is 10.0 Å². The Labute approximate surface area is 116 Å². The summed E-state index contributed by atoms with van der Waals surface area (Å²) in [5.41, 5.74) is 1.17. The molecule has 0 spiro atoms. The van der Waals surface area contributed by atoms with Crippen LogP contribution in [0.25, 0.3) is 0 Å². The van der Waals surface area contributed by atoms with Gasteiger partial charge in [0.1, 0.15) is 11.6 Å². The molecule has 0 aliphatic carbocycles. The van der Waals surface area contributed by atoms with Crippen LogP contribution in [0, 0.1) is 12.7 Å². The lowest BCUT2D eigenvalue weighted by Gasteiger charge is -2.09. The molecule has 4 nitrogen and oxygen atoms in total. The summed E-state index contributed by atoms with van der Waals surface area (Å²) in [7, 11) is -3.77. The number of phenols is 1. The van der Waals surface area contributed by atoms with Gasteiger partial charge in [0.2, 0.25) is 10.0 Å². The van der Waals surface area contributed by atoms with E-state index >= 15 is 0 Å². The van der Waals surface area contributed by atoms with Crippen molar-refractivity contribution in [2.45, 2.75) is 18.4 Å². The van der Waals surface area contributed by atoms with Gasteiger partial charge < -0.3 is 5.11 Å². The molecule has 20 heavy (non-hydrogen) atoms. The molecular weight excluding hydrogens is 281 g/mol. The number of aromatic hydroxyl groups is 1. The Kier molecular flexibility index (Phi) is 4.06. The average molecular weight is 295 g/mol. The summed E-state index contributed by atoms with van der Waals surface area (Å²) in [4.78, 5) is -0.0729. The fourth-order valence-electron chi connectivity index (χ4n) is 1.73. The number of aryl methyl sites for hydroxylation is 1. The summed E-state index contributed by atoms with van der Waals surface area (Å²) in [6, 6.07) is 9.79. The molecule has 6 heteroatoms. The fourth-order valence-corrected chi connectivity index (χ4v) is 3.01. The molecule has 0 atom stereocenters. The number of hydrogen-bond donors (Lipinski definition) is 2. The van der Waals surface area contributed by atoms with Gasteiger partial charge in [-0.25, -0.2) is 17.5 Å². The van der Waals surface area contributed by atoms with Crippen LogP contribution in [0.5, 0.6) is 5.75 Å². The van der Waals surface area contributed by atoms with Crippen LogP contribution in [0.1, 0.15) is 11.1 Å². The quantitative estimate of drug-likeness (QED) is 0.909. The van der Waals surface area contributed by atoms with Gasteiger partial charge in [-0.2, -0.15) is 0 Å². The molecule has 0 amide bonds. The minimum atomic E-state index is -3.77. The smallest absolute Gasteiger partial charge is 0.241 e. The highest BCUT2D eigenvalue weighted by atomic mass is 32.2. The highest BCUT2D eigenvalue weighted by Crippen LogP contribution is 2.17. The highest BCUT2D eigenvalue weighted by Gasteiger charge is 2.17. The summed E-state index contributed by atoms with van der Waals surface area (Å²) in [5.74, 6) is -0.488. The topological polar surface area (TPSA) is 66.4 Å². The maximum atomic E-state index is 13.2. The van der Waals surface area contributed by atoms with Crippen LogP contribution in [0.2, 0.25) is 0 Å². The molecule has 0 bridgehead atoms. The number of hydrogen-bond acceptors (Lipinski definition) is 3. The lowest BCUT2D eigenvalue weighted by molar-refractivity contribution is 0.475. The molecule has 2 aromatic rings. The zero-order valence-corrected chi connectivity index (χ0v) is 11.6. The first-order valence-corrected chi connectivity index (χ1v) is 7.40. The molecule has 0 radical (unpaired) electrons.